The van der Waals surface area contributed by atoms with Crippen LogP contribution in [0.1, 0.15) is 25.1 Å². The third-order valence-corrected chi connectivity index (χ3v) is 2.61. The molecule has 0 saturated carbocycles. The van der Waals surface area contributed by atoms with Crippen molar-refractivity contribution in [2.45, 2.75) is 20.8 Å². The first kappa shape index (κ1) is 25.5. The molecule has 2 heteroatoms. The molecule has 0 N–H and O–H groups in total. The second-order valence-corrected chi connectivity index (χ2v) is 3.93. The standard InChI is InChI=1S/C16H14N.C2H6.2CH3.Pt/c1-12-7-6-8-13(2)15(12)11-14(3)16-9-4-5-10-17-16;1-2;;;/h4-10H,1,3H2,2H3;1-2H3;2*1H3;/q-1;;2*-1;. The molecular formula is C20H26NPt-3. The fourth-order valence-corrected chi connectivity index (χ4v) is 1.66. The Morgan fingerprint density at radius 2 is 1.68 bits per heavy atom. The van der Waals surface area contributed by atoms with Gasteiger partial charge in [0.15, 0.2) is 0 Å². The molecule has 22 heavy (non-hydrogen) atoms. The van der Waals surface area contributed by atoms with Crippen molar-refractivity contribution in [3.05, 3.63) is 85.7 Å². The van der Waals surface area contributed by atoms with Crippen LogP contribution in [0.3, 0.4) is 0 Å². The fraction of sp³-hybridized carbons (Fsp3) is 0.150. The molecule has 0 unspecified atom stereocenters. The van der Waals surface area contributed by atoms with Crippen LogP contribution in [0.25, 0.3) is 18.2 Å². The molecule has 2 aromatic rings. The largest absolute Gasteiger partial charge is 0.358 e. The number of nitrogens with zero attached hydrogens (tertiary/aromatic N) is 1. The summed E-state index contributed by atoms with van der Waals surface area (Å²) in [5.74, 6) is 0. The van der Waals surface area contributed by atoms with Crippen molar-refractivity contribution in [3.63, 3.8) is 0 Å². The van der Waals surface area contributed by atoms with E-state index in [2.05, 4.69) is 24.2 Å². The summed E-state index contributed by atoms with van der Waals surface area (Å²) in [4.78, 5) is 4.25. The van der Waals surface area contributed by atoms with Crippen LogP contribution in [-0.4, -0.2) is 4.98 Å². The Morgan fingerprint density at radius 3 is 2.18 bits per heavy atom. The topological polar surface area (TPSA) is 12.9 Å². The zero-order chi connectivity index (χ0) is 14.3. The first-order valence-corrected chi connectivity index (χ1v) is 6.47. The second-order valence-electron chi connectivity index (χ2n) is 3.93. The molecule has 1 nitrogen and oxygen atoms in total. The first-order chi connectivity index (χ1) is 9.18. The van der Waals surface area contributed by atoms with Crippen LogP contribution in [-0.2, 0) is 21.1 Å². The van der Waals surface area contributed by atoms with Crippen molar-refractivity contribution in [2.24, 2.45) is 0 Å². The summed E-state index contributed by atoms with van der Waals surface area (Å²) < 4.78 is 0. The van der Waals surface area contributed by atoms with E-state index in [9.17, 15) is 0 Å². The number of aromatic nitrogens is 1. The Labute approximate surface area is 150 Å². The summed E-state index contributed by atoms with van der Waals surface area (Å²) in [7, 11) is 0. The van der Waals surface area contributed by atoms with E-state index in [1.807, 2.05) is 57.2 Å². The summed E-state index contributed by atoms with van der Waals surface area (Å²) >= 11 is 0. The molecule has 0 bridgehead atoms. The van der Waals surface area contributed by atoms with Gasteiger partial charge in [0.1, 0.15) is 0 Å². The van der Waals surface area contributed by atoms with Crippen LogP contribution >= 0.6 is 0 Å². The number of hydrogen-bond donors (Lipinski definition) is 0. The van der Waals surface area contributed by atoms with Gasteiger partial charge in [0.2, 0.25) is 0 Å². The van der Waals surface area contributed by atoms with Crippen LogP contribution in [0.2, 0.25) is 0 Å². The van der Waals surface area contributed by atoms with Gasteiger partial charge in [0.25, 0.3) is 0 Å². The molecule has 0 amide bonds. The van der Waals surface area contributed by atoms with Crippen molar-refractivity contribution in [1.82, 2.24) is 4.98 Å². The zero-order valence-electron chi connectivity index (χ0n) is 14.2. The minimum atomic E-state index is 0. The first-order valence-electron chi connectivity index (χ1n) is 6.47. The molecular weight excluding hydrogens is 449 g/mol. The van der Waals surface area contributed by atoms with Crippen LogP contribution < -0.4 is 10.4 Å². The van der Waals surface area contributed by atoms with Crippen molar-refractivity contribution in [2.75, 3.05) is 0 Å². The summed E-state index contributed by atoms with van der Waals surface area (Å²) in [5.41, 5.74) is 2.77. The average Bonchev–Trinajstić information content (AvgIpc) is 2.46. The van der Waals surface area contributed by atoms with E-state index in [0.29, 0.717) is 0 Å². The third kappa shape index (κ3) is 7.00. The molecule has 1 aromatic heterocycles. The molecule has 0 aliphatic heterocycles. The van der Waals surface area contributed by atoms with Gasteiger partial charge in [-0.3, -0.25) is 4.98 Å². The van der Waals surface area contributed by atoms with Gasteiger partial charge in [-0.1, -0.05) is 56.3 Å². The maximum atomic E-state index is 4.25. The van der Waals surface area contributed by atoms with E-state index >= 15 is 0 Å². The zero-order valence-corrected chi connectivity index (χ0v) is 16.5. The SMILES string of the molecule is C=C([C-]=c1c(C)cccc1=C)c1ccccn1.CC.[CH3-].[CH3-].[Pt]. The summed E-state index contributed by atoms with van der Waals surface area (Å²) in [6, 6.07) is 11.8. The number of allylic oxidation sites excluding steroid dienone is 1. The van der Waals surface area contributed by atoms with Crippen LogP contribution in [0, 0.1) is 21.8 Å². The van der Waals surface area contributed by atoms with E-state index in [1.54, 1.807) is 6.20 Å². The summed E-state index contributed by atoms with van der Waals surface area (Å²) in [6.07, 6.45) is 5.03. The Kier molecular flexibility index (Phi) is 15.3. The maximum absolute atomic E-state index is 4.25. The average molecular weight is 476 g/mol. The maximum Gasteiger partial charge on any atom is 0.0183 e. The van der Waals surface area contributed by atoms with Gasteiger partial charge in [0.05, 0.1) is 0 Å². The molecule has 124 valence electrons. The Morgan fingerprint density at radius 1 is 1.05 bits per heavy atom. The van der Waals surface area contributed by atoms with Gasteiger partial charge in [-0.15, -0.1) is 29.0 Å². The summed E-state index contributed by atoms with van der Waals surface area (Å²) in [6.45, 7) is 14.0. The van der Waals surface area contributed by atoms with Crippen molar-refractivity contribution in [1.29, 1.82) is 0 Å². The molecule has 0 aliphatic carbocycles. The molecule has 1 heterocycles. The Balaban J connectivity index is -0.000000693. The van der Waals surface area contributed by atoms with Crippen LogP contribution in [0.4, 0.5) is 0 Å². The third-order valence-electron chi connectivity index (χ3n) is 2.61. The number of aryl methyl sites for hydroxylation is 1. The minimum absolute atomic E-state index is 0. The number of hydrogen-bond acceptors (Lipinski definition) is 1. The molecule has 0 saturated heterocycles. The quantitative estimate of drug-likeness (QED) is 0.597. The Bertz CT molecular complexity index is 645. The smallest absolute Gasteiger partial charge is 0.0183 e. The van der Waals surface area contributed by atoms with Crippen molar-refractivity contribution >= 4 is 18.2 Å². The predicted molar refractivity (Wildman–Crippen MR) is 96.8 cm³/mol. The van der Waals surface area contributed by atoms with E-state index in [4.69, 9.17) is 0 Å². The summed E-state index contributed by atoms with van der Waals surface area (Å²) in [5, 5.41) is 1.96. The molecule has 0 aliphatic rings. The number of benzene rings is 1. The van der Waals surface area contributed by atoms with Gasteiger partial charge < -0.3 is 14.9 Å². The number of rotatable bonds is 2. The Hall–Kier alpha value is -1.46. The predicted octanol–water partition coefficient (Wildman–Crippen LogP) is 4.10. The minimum Gasteiger partial charge on any atom is -0.358 e. The molecule has 1 aromatic carbocycles. The van der Waals surface area contributed by atoms with Gasteiger partial charge >= 0.3 is 0 Å². The van der Waals surface area contributed by atoms with E-state index in [-0.39, 0.29) is 35.9 Å². The van der Waals surface area contributed by atoms with E-state index < -0.39 is 0 Å². The molecule has 0 spiro atoms. The van der Waals surface area contributed by atoms with Crippen LogP contribution in [0.5, 0.6) is 0 Å². The monoisotopic (exact) mass is 475 g/mol. The molecule has 2 rings (SSSR count). The molecule has 0 radical (unpaired) electrons. The number of pyridine rings is 1. The normalized spacial score (nSPS) is 9.14. The fourth-order valence-electron chi connectivity index (χ4n) is 1.66. The van der Waals surface area contributed by atoms with Gasteiger partial charge in [0, 0.05) is 33.0 Å². The molecule has 0 atom stereocenters. The van der Waals surface area contributed by atoms with Crippen molar-refractivity contribution < 1.29 is 21.1 Å². The van der Waals surface area contributed by atoms with Gasteiger partial charge in [-0.25, -0.2) is 0 Å². The van der Waals surface area contributed by atoms with Crippen LogP contribution in [0.15, 0.2) is 49.2 Å². The van der Waals surface area contributed by atoms with Gasteiger partial charge in [-0.2, -0.15) is 6.58 Å². The molecule has 0 fully saturated rings. The van der Waals surface area contributed by atoms with Gasteiger partial charge in [-0.05, 0) is 6.07 Å². The van der Waals surface area contributed by atoms with E-state index in [0.717, 1.165) is 27.3 Å². The van der Waals surface area contributed by atoms with Crippen molar-refractivity contribution in [3.8, 4) is 0 Å². The second kappa shape index (κ2) is 13.2. The van der Waals surface area contributed by atoms with E-state index in [1.165, 1.54) is 0 Å².